The summed E-state index contributed by atoms with van der Waals surface area (Å²) in [6.45, 7) is 0.295. The van der Waals surface area contributed by atoms with E-state index in [-0.39, 0.29) is 11.8 Å². The highest BCUT2D eigenvalue weighted by Gasteiger charge is 2.15. The van der Waals surface area contributed by atoms with Crippen molar-refractivity contribution in [3.05, 3.63) is 90.4 Å². The number of rotatable bonds is 4. The zero-order valence-corrected chi connectivity index (χ0v) is 14.4. The second-order valence-electron chi connectivity index (χ2n) is 6.04. The van der Waals surface area contributed by atoms with Crippen molar-refractivity contribution in [3.8, 4) is 11.3 Å². The summed E-state index contributed by atoms with van der Waals surface area (Å²) in [7, 11) is 0. The molecule has 0 fully saturated rings. The number of imidazole rings is 1. The van der Waals surface area contributed by atoms with Crippen molar-refractivity contribution < 1.29 is 9.18 Å². The average molecular weight is 360 g/mol. The van der Waals surface area contributed by atoms with E-state index in [1.54, 1.807) is 12.1 Å². The maximum absolute atomic E-state index is 13.0. The number of carbonyl (C=O) groups is 1. The molecular weight excluding hydrogens is 343 g/mol. The molecule has 0 aliphatic heterocycles. The molecule has 0 aliphatic rings. The van der Waals surface area contributed by atoms with Gasteiger partial charge in [-0.1, -0.05) is 48.5 Å². The molecule has 2 aromatic carbocycles. The smallest absolute Gasteiger partial charge is 0.320 e. The fraction of sp³-hybridized carbons (Fsp3) is 0.0476. The molecule has 6 heteroatoms. The third-order valence-corrected chi connectivity index (χ3v) is 4.18. The molecule has 0 saturated heterocycles. The number of nitrogens with zero attached hydrogens (tertiary/aromatic N) is 2. The molecule has 134 valence electrons. The number of carbonyl (C=O) groups excluding carboxylic acids is 1. The van der Waals surface area contributed by atoms with Gasteiger partial charge in [-0.2, -0.15) is 0 Å². The van der Waals surface area contributed by atoms with Crippen LogP contribution in [0.1, 0.15) is 5.56 Å². The predicted octanol–water partition coefficient (Wildman–Crippen LogP) is 4.46. The van der Waals surface area contributed by atoms with E-state index < -0.39 is 0 Å². The van der Waals surface area contributed by atoms with Gasteiger partial charge in [0.1, 0.15) is 23.0 Å². The van der Waals surface area contributed by atoms with E-state index in [0.717, 1.165) is 16.8 Å². The summed E-state index contributed by atoms with van der Waals surface area (Å²) in [5, 5.41) is 5.68. The number of hydrogen-bond donors (Lipinski definition) is 2. The Kier molecular flexibility index (Phi) is 4.53. The molecule has 2 N–H and O–H groups in total. The number of hydrogen-bond acceptors (Lipinski definition) is 2. The quantitative estimate of drug-likeness (QED) is 0.564. The summed E-state index contributed by atoms with van der Waals surface area (Å²) in [6.07, 6.45) is 1.85. The Bertz CT molecular complexity index is 1070. The summed E-state index contributed by atoms with van der Waals surface area (Å²) in [5.74, 6) is 0.287. The van der Waals surface area contributed by atoms with Crippen LogP contribution in [0.2, 0.25) is 0 Å². The van der Waals surface area contributed by atoms with E-state index in [2.05, 4.69) is 15.6 Å². The Morgan fingerprint density at radius 2 is 1.70 bits per heavy atom. The van der Waals surface area contributed by atoms with Gasteiger partial charge in [0.2, 0.25) is 0 Å². The summed E-state index contributed by atoms with van der Waals surface area (Å²) in [6, 6.07) is 21.0. The first-order valence-corrected chi connectivity index (χ1v) is 8.52. The number of nitrogens with one attached hydrogen (secondary N) is 2. The van der Waals surface area contributed by atoms with Crippen LogP contribution in [-0.4, -0.2) is 15.4 Å². The maximum atomic E-state index is 13.0. The minimum atomic E-state index is -0.359. The largest absolute Gasteiger partial charge is 0.334 e. The molecule has 2 amide bonds. The van der Waals surface area contributed by atoms with E-state index in [1.165, 1.54) is 12.1 Å². The Morgan fingerprint density at radius 1 is 0.963 bits per heavy atom. The first-order chi connectivity index (χ1) is 13.2. The molecule has 0 saturated carbocycles. The number of pyridine rings is 1. The van der Waals surface area contributed by atoms with Crippen LogP contribution in [0.15, 0.2) is 79.0 Å². The molecule has 0 unspecified atom stereocenters. The number of benzene rings is 2. The van der Waals surface area contributed by atoms with Gasteiger partial charge in [-0.25, -0.2) is 14.2 Å². The van der Waals surface area contributed by atoms with Crippen LogP contribution >= 0.6 is 0 Å². The zero-order chi connectivity index (χ0) is 18.6. The molecule has 2 heterocycles. The van der Waals surface area contributed by atoms with E-state index in [1.807, 2.05) is 59.1 Å². The van der Waals surface area contributed by atoms with E-state index in [0.29, 0.717) is 18.1 Å². The lowest BCUT2D eigenvalue weighted by molar-refractivity contribution is 0.251. The second-order valence-corrected chi connectivity index (χ2v) is 6.04. The van der Waals surface area contributed by atoms with Crippen LogP contribution in [0.4, 0.5) is 15.0 Å². The summed E-state index contributed by atoms with van der Waals surface area (Å²) >= 11 is 0. The molecule has 0 radical (unpaired) electrons. The molecular formula is C21H17FN4O. The monoisotopic (exact) mass is 360 g/mol. The fourth-order valence-electron chi connectivity index (χ4n) is 2.85. The normalized spacial score (nSPS) is 10.7. The molecule has 0 aliphatic carbocycles. The van der Waals surface area contributed by atoms with Crippen molar-refractivity contribution in [1.29, 1.82) is 0 Å². The van der Waals surface area contributed by atoms with Crippen LogP contribution in [0.3, 0.4) is 0 Å². The molecule has 4 rings (SSSR count). The van der Waals surface area contributed by atoms with Gasteiger partial charge in [-0.05, 0) is 29.8 Å². The highest BCUT2D eigenvalue weighted by Crippen LogP contribution is 2.28. The van der Waals surface area contributed by atoms with Crippen molar-refractivity contribution in [3.63, 3.8) is 0 Å². The number of fused-ring (bicyclic) bond motifs is 1. The number of halogens is 1. The summed E-state index contributed by atoms with van der Waals surface area (Å²) < 4.78 is 14.8. The van der Waals surface area contributed by atoms with Crippen LogP contribution in [0.5, 0.6) is 0 Å². The van der Waals surface area contributed by atoms with Crippen LogP contribution < -0.4 is 10.6 Å². The van der Waals surface area contributed by atoms with Crippen molar-refractivity contribution in [2.24, 2.45) is 0 Å². The average Bonchev–Trinajstić information content (AvgIpc) is 3.07. The van der Waals surface area contributed by atoms with E-state index >= 15 is 0 Å². The van der Waals surface area contributed by atoms with Gasteiger partial charge in [0, 0.05) is 18.3 Å². The lowest BCUT2D eigenvalue weighted by Gasteiger charge is -2.09. The topological polar surface area (TPSA) is 58.4 Å². The van der Waals surface area contributed by atoms with Crippen LogP contribution in [-0.2, 0) is 6.54 Å². The lowest BCUT2D eigenvalue weighted by Crippen LogP contribution is -2.28. The second kappa shape index (κ2) is 7.29. The zero-order valence-electron chi connectivity index (χ0n) is 14.4. The van der Waals surface area contributed by atoms with Gasteiger partial charge < -0.3 is 5.32 Å². The van der Waals surface area contributed by atoms with Crippen LogP contribution in [0.25, 0.3) is 16.9 Å². The van der Waals surface area contributed by atoms with Gasteiger partial charge in [0.05, 0.1) is 0 Å². The van der Waals surface area contributed by atoms with Crippen molar-refractivity contribution in [2.75, 3.05) is 5.32 Å². The van der Waals surface area contributed by atoms with Crippen molar-refractivity contribution in [1.82, 2.24) is 14.7 Å². The van der Waals surface area contributed by atoms with Gasteiger partial charge >= 0.3 is 6.03 Å². The summed E-state index contributed by atoms with van der Waals surface area (Å²) in [4.78, 5) is 17.1. The standard InChI is InChI=1S/C21H17FN4O/c22-17-11-9-15(10-12-17)14-23-21(27)25-20-19(16-6-2-1-3-7-16)24-18-8-4-5-13-26(18)20/h1-13H,14H2,(H2,23,25,27). The van der Waals surface area contributed by atoms with Gasteiger partial charge in [0.15, 0.2) is 0 Å². The minimum Gasteiger partial charge on any atom is -0.334 e. The first-order valence-electron chi connectivity index (χ1n) is 8.52. The van der Waals surface area contributed by atoms with E-state index in [4.69, 9.17) is 0 Å². The number of urea groups is 1. The van der Waals surface area contributed by atoms with Crippen molar-refractivity contribution in [2.45, 2.75) is 6.54 Å². The Hall–Kier alpha value is -3.67. The maximum Gasteiger partial charge on any atom is 0.320 e. The van der Waals surface area contributed by atoms with Gasteiger partial charge in [-0.15, -0.1) is 0 Å². The van der Waals surface area contributed by atoms with Gasteiger partial charge in [-0.3, -0.25) is 9.72 Å². The molecule has 0 bridgehead atoms. The number of anilines is 1. The van der Waals surface area contributed by atoms with Crippen molar-refractivity contribution >= 4 is 17.5 Å². The number of amides is 2. The minimum absolute atomic E-state index is 0.295. The Morgan fingerprint density at radius 3 is 2.48 bits per heavy atom. The highest BCUT2D eigenvalue weighted by molar-refractivity contribution is 5.93. The molecule has 0 spiro atoms. The highest BCUT2D eigenvalue weighted by atomic mass is 19.1. The summed E-state index contributed by atoms with van der Waals surface area (Å²) in [5.41, 5.74) is 3.16. The molecule has 27 heavy (non-hydrogen) atoms. The van der Waals surface area contributed by atoms with Gasteiger partial charge in [0.25, 0.3) is 0 Å². The first kappa shape index (κ1) is 16.8. The number of aromatic nitrogens is 2. The molecule has 4 aromatic rings. The predicted molar refractivity (Wildman–Crippen MR) is 103 cm³/mol. The van der Waals surface area contributed by atoms with Crippen LogP contribution in [0, 0.1) is 5.82 Å². The molecule has 0 atom stereocenters. The Balaban J connectivity index is 1.59. The SMILES string of the molecule is O=C(NCc1ccc(F)cc1)Nc1c(-c2ccccc2)nc2ccccn12. The molecule has 5 nitrogen and oxygen atoms in total. The fourth-order valence-corrected chi connectivity index (χ4v) is 2.85. The third kappa shape index (κ3) is 3.64. The van der Waals surface area contributed by atoms with E-state index in [9.17, 15) is 9.18 Å². The lowest BCUT2D eigenvalue weighted by atomic mass is 10.1. The third-order valence-electron chi connectivity index (χ3n) is 4.18. The Labute approximate surface area is 155 Å². The molecule has 2 aromatic heterocycles.